The molecule has 0 saturated carbocycles. The summed E-state index contributed by atoms with van der Waals surface area (Å²) in [5.74, 6) is -0.413. The van der Waals surface area contributed by atoms with Gasteiger partial charge in [-0.1, -0.05) is 6.07 Å². The Balaban J connectivity index is 2.58. The van der Waals surface area contributed by atoms with Gasteiger partial charge in [0.15, 0.2) is 0 Å². The fourth-order valence-corrected chi connectivity index (χ4v) is 1.22. The largest absolute Gasteiger partial charge is 0.469 e. The summed E-state index contributed by atoms with van der Waals surface area (Å²) < 4.78 is 41.5. The van der Waals surface area contributed by atoms with Gasteiger partial charge in [0.1, 0.15) is 0 Å². The van der Waals surface area contributed by atoms with Crippen LogP contribution in [-0.2, 0) is 15.7 Å². The first-order valence-electron chi connectivity index (χ1n) is 4.91. The minimum Gasteiger partial charge on any atom is -0.469 e. The molecule has 0 fully saturated rings. The van der Waals surface area contributed by atoms with Gasteiger partial charge in [0.2, 0.25) is 0 Å². The second kappa shape index (κ2) is 5.56. The number of hydrogen-bond donors (Lipinski definition) is 1. The van der Waals surface area contributed by atoms with Gasteiger partial charge in [0.05, 0.1) is 19.1 Å². The number of hydrogen-bond acceptors (Lipinski definition) is 3. The molecule has 0 aliphatic carbocycles. The third kappa shape index (κ3) is 4.34. The molecule has 0 aromatic heterocycles. The summed E-state index contributed by atoms with van der Waals surface area (Å²) >= 11 is 0. The molecule has 0 radical (unpaired) electrons. The summed E-state index contributed by atoms with van der Waals surface area (Å²) in [7, 11) is 1.26. The van der Waals surface area contributed by atoms with Gasteiger partial charge in [0, 0.05) is 12.2 Å². The minimum atomic E-state index is -4.36. The number of halogens is 3. The molecule has 6 heteroatoms. The van der Waals surface area contributed by atoms with E-state index < -0.39 is 17.7 Å². The molecular weight excluding hydrogens is 235 g/mol. The van der Waals surface area contributed by atoms with Crippen molar-refractivity contribution >= 4 is 11.7 Å². The van der Waals surface area contributed by atoms with Gasteiger partial charge in [-0.25, -0.2) is 0 Å². The maximum absolute atomic E-state index is 12.4. The highest BCUT2D eigenvalue weighted by atomic mass is 19.4. The van der Waals surface area contributed by atoms with E-state index in [9.17, 15) is 18.0 Å². The van der Waals surface area contributed by atoms with Crippen molar-refractivity contribution in [2.45, 2.75) is 12.6 Å². The summed E-state index contributed by atoms with van der Waals surface area (Å²) in [5, 5.41) is 2.72. The van der Waals surface area contributed by atoms with Gasteiger partial charge >= 0.3 is 12.1 Å². The molecule has 0 aliphatic rings. The Bertz CT molecular complexity index is 391. The molecule has 0 unspecified atom stereocenters. The third-order valence-corrected chi connectivity index (χ3v) is 2.08. The molecule has 94 valence electrons. The van der Waals surface area contributed by atoms with E-state index in [1.807, 2.05) is 0 Å². The van der Waals surface area contributed by atoms with Gasteiger partial charge in [-0.05, 0) is 18.2 Å². The van der Waals surface area contributed by atoms with E-state index in [4.69, 9.17) is 0 Å². The molecule has 0 atom stereocenters. The van der Waals surface area contributed by atoms with Crippen molar-refractivity contribution in [3.8, 4) is 0 Å². The van der Waals surface area contributed by atoms with Crippen LogP contribution in [0.4, 0.5) is 18.9 Å². The number of rotatable bonds is 4. The zero-order chi connectivity index (χ0) is 12.9. The second-order valence-electron chi connectivity index (χ2n) is 3.33. The number of carbonyl (C=O) groups is 1. The highest BCUT2D eigenvalue weighted by Gasteiger charge is 2.30. The highest BCUT2D eigenvalue weighted by Crippen LogP contribution is 2.30. The van der Waals surface area contributed by atoms with Crippen LogP contribution in [0.3, 0.4) is 0 Å². The van der Waals surface area contributed by atoms with E-state index in [1.54, 1.807) is 0 Å². The SMILES string of the molecule is COC(=O)CCNc1cccc(C(F)(F)F)c1. The Kier molecular flexibility index (Phi) is 4.37. The van der Waals surface area contributed by atoms with Crippen molar-refractivity contribution in [2.24, 2.45) is 0 Å². The number of alkyl halides is 3. The number of anilines is 1. The predicted molar refractivity (Wildman–Crippen MR) is 56.6 cm³/mol. The molecule has 0 amide bonds. The van der Waals surface area contributed by atoms with Crippen LogP contribution in [-0.4, -0.2) is 19.6 Å². The lowest BCUT2D eigenvalue weighted by atomic mass is 10.2. The molecule has 17 heavy (non-hydrogen) atoms. The van der Waals surface area contributed by atoms with Crippen molar-refractivity contribution in [3.05, 3.63) is 29.8 Å². The van der Waals surface area contributed by atoms with E-state index in [0.29, 0.717) is 5.69 Å². The molecule has 0 aliphatic heterocycles. The lowest BCUT2D eigenvalue weighted by Crippen LogP contribution is -2.10. The van der Waals surface area contributed by atoms with Gasteiger partial charge in [0.25, 0.3) is 0 Å². The molecule has 1 rings (SSSR count). The molecule has 1 aromatic carbocycles. The first-order valence-corrected chi connectivity index (χ1v) is 4.91. The first kappa shape index (κ1) is 13.3. The summed E-state index contributed by atoms with van der Waals surface area (Å²) in [4.78, 5) is 10.8. The van der Waals surface area contributed by atoms with Crippen LogP contribution in [0.25, 0.3) is 0 Å². The Morgan fingerprint density at radius 2 is 2.12 bits per heavy atom. The summed E-state index contributed by atoms with van der Waals surface area (Å²) in [5.41, 5.74) is -0.399. The van der Waals surface area contributed by atoms with Crippen LogP contribution in [0.1, 0.15) is 12.0 Å². The van der Waals surface area contributed by atoms with Crippen molar-refractivity contribution in [3.63, 3.8) is 0 Å². The van der Waals surface area contributed by atoms with Gasteiger partial charge in [-0.15, -0.1) is 0 Å². The smallest absolute Gasteiger partial charge is 0.416 e. The number of ether oxygens (including phenoxy) is 1. The standard InChI is InChI=1S/C11H12F3NO2/c1-17-10(16)5-6-15-9-4-2-3-8(7-9)11(12,13)14/h2-4,7,15H,5-6H2,1H3. The molecule has 3 nitrogen and oxygen atoms in total. The number of esters is 1. The first-order chi connectivity index (χ1) is 7.93. The second-order valence-corrected chi connectivity index (χ2v) is 3.33. The van der Waals surface area contributed by atoms with Gasteiger partial charge in [-0.3, -0.25) is 4.79 Å². The van der Waals surface area contributed by atoms with E-state index >= 15 is 0 Å². The monoisotopic (exact) mass is 247 g/mol. The quantitative estimate of drug-likeness (QED) is 0.831. The minimum absolute atomic E-state index is 0.104. The molecule has 1 N–H and O–H groups in total. The molecule has 0 spiro atoms. The Hall–Kier alpha value is -1.72. The normalized spacial score (nSPS) is 11.1. The van der Waals surface area contributed by atoms with E-state index in [0.717, 1.165) is 12.1 Å². The fourth-order valence-electron chi connectivity index (χ4n) is 1.22. The van der Waals surface area contributed by atoms with Crippen molar-refractivity contribution in [1.82, 2.24) is 0 Å². The highest BCUT2D eigenvalue weighted by molar-refractivity contribution is 5.69. The van der Waals surface area contributed by atoms with Crippen LogP contribution >= 0.6 is 0 Å². The van der Waals surface area contributed by atoms with Gasteiger partial charge < -0.3 is 10.1 Å². The predicted octanol–water partition coefficient (Wildman–Crippen LogP) is 2.68. The topological polar surface area (TPSA) is 38.3 Å². The van der Waals surface area contributed by atoms with Crippen LogP contribution in [0.5, 0.6) is 0 Å². The third-order valence-electron chi connectivity index (χ3n) is 2.08. The van der Waals surface area contributed by atoms with E-state index in [-0.39, 0.29) is 13.0 Å². The summed E-state index contributed by atoms with van der Waals surface area (Å²) in [6, 6.07) is 4.80. The van der Waals surface area contributed by atoms with Crippen molar-refractivity contribution in [2.75, 3.05) is 19.0 Å². The van der Waals surface area contributed by atoms with Crippen LogP contribution in [0.2, 0.25) is 0 Å². The van der Waals surface area contributed by atoms with Crippen LogP contribution in [0, 0.1) is 0 Å². The van der Waals surface area contributed by atoms with Crippen molar-refractivity contribution in [1.29, 1.82) is 0 Å². The average Bonchev–Trinajstić information content (AvgIpc) is 2.28. The number of carbonyl (C=O) groups excluding carboxylic acids is 1. The Morgan fingerprint density at radius 3 is 2.71 bits per heavy atom. The Morgan fingerprint density at radius 1 is 1.41 bits per heavy atom. The maximum atomic E-state index is 12.4. The number of methoxy groups -OCH3 is 1. The van der Waals surface area contributed by atoms with E-state index in [1.165, 1.54) is 19.2 Å². The maximum Gasteiger partial charge on any atom is 0.416 e. The van der Waals surface area contributed by atoms with Crippen molar-refractivity contribution < 1.29 is 22.7 Å². The number of benzene rings is 1. The molecule has 0 saturated heterocycles. The lowest BCUT2D eigenvalue weighted by Gasteiger charge is -2.10. The van der Waals surface area contributed by atoms with Gasteiger partial charge in [-0.2, -0.15) is 13.2 Å². The zero-order valence-electron chi connectivity index (χ0n) is 9.17. The van der Waals surface area contributed by atoms with Crippen LogP contribution in [0.15, 0.2) is 24.3 Å². The molecular formula is C11H12F3NO2. The lowest BCUT2D eigenvalue weighted by molar-refractivity contribution is -0.140. The fraction of sp³-hybridized carbons (Fsp3) is 0.364. The van der Waals surface area contributed by atoms with Crippen LogP contribution < -0.4 is 5.32 Å². The van der Waals surface area contributed by atoms with E-state index in [2.05, 4.69) is 10.1 Å². The summed E-state index contributed by atoms with van der Waals surface area (Å²) in [6.45, 7) is 0.230. The molecule has 1 aromatic rings. The molecule has 0 bridgehead atoms. The Labute approximate surface area is 96.6 Å². The summed E-state index contributed by atoms with van der Waals surface area (Å²) in [6.07, 6.45) is -4.26. The number of nitrogens with one attached hydrogen (secondary N) is 1. The average molecular weight is 247 g/mol. The molecule has 0 heterocycles. The zero-order valence-corrected chi connectivity index (χ0v) is 9.17.